The molecular formula is C20H29NO3. The number of allylic oxidation sites excluding steroid dienone is 3. The van der Waals surface area contributed by atoms with Gasteiger partial charge >= 0.3 is 6.09 Å². The van der Waals surface area contributed by atoms with Crippen molar-refractivity contribution in [1.29, 1.82) is 0 Å². The maximum absolute atomic E-state index is 12.5. The second kappa shape index (κ2) is 7.04. The van der Waals surface area contributed by atoms with Gasteiger partial charge in [-0.2, -0.15) is 0 Å². The van der Waals surface area contributed by atoms with E-state index in [4.69, 9.17) is 4.74 Å². The van der Waals surface area contributed by atoms with Crippen molar-refractivity contribution in [3.63, 3.8) is 0 Å². The average Bonchev–Trinajstić information content (AvgIpc) is 2.58. The first-order valence-electron chi connectivity index (χ1n) is 9.24. The van der Waals surface area contributed by atoms with Crippen molar-refractivity contribution in [2.45, 2.75) is 57.9 Å². The zero-order valence-electron chi connectivity index (χ0n) is 14.7. The molecule has 2 aliphatic carbocycles. The molecule has 3 atom stereocenters. The summed E-state index contributed by atoms with van der Waals surface area (Å²) >= 11 is 0. The Labute approximate surface area is 144 Å². The van der Waals surface area contributed by atoms with Gasteiger partial charge in [0.05, 0.1) is 6.61 Å². The Bertz CT molecular complexity index is 565. The van der Waals surface area contributed by atoms with Crippen LogP contribution in [0.1, 0.15) is 51.9 Å². The van der Waals surface area contributed by atoms with E-state index in [0.29, 0.717) is 18.3 Å². The van der Waals surface area contributed by atoms with Crippen LogP contribution in [0, 0.1) is 11.3 Å². The lowest BCUT2D eigenvalue weighted by Crippen LogP contribution is -2.57. The molecule has 1 saturated heterocycles. The van der Waals surface area contributed by atoms with Gasteiger partial charge in [-0.05, 0) is 62.5 Å². The number of amides is 1. The van der Waals surface area contributed by atoms with Crippen LogP contribution >= 0.6 is 0 Å². The standard InChI is InChI=1S/C20H29NO3/c1-3-24-19(23)21-13-12-20-10-5-4-6-17(20)18(21)14-15(2)7-8-16(22)9-11-20/h7-9,17-18,22H,2-6,10-14H2,1H3/b8-7-,16-9+/t17-,18+,20+/m1/s1. The zero-order chi connectivity index (χ0) is 17.2. The molecule has 0 unspecified atom stereocenters. The van der Waals surface area contributed by atoms with E-state index in [0.717, 1.165) is 37.8 Å². The quantitative estimate of drug-likeness (QED) is 0.755. The summed E-state index contributed by atoms with van der Waals surface area (Å²) in [7, 11) is 0. The fourth-order valence-corrected chi connectivity index (χ4v) is 4.93. The highest BCUT2D eigenvalue weighted by Gasteiger charge is 2.50. The molecule has 1 heterocycles. The maximum Gasteiger partial charge on any atom is 0.410 e. The minimum atomic E-state index is -0.186. The van der Waals surface area contributed by atoms with Crippen molar-refractivity contribution in [2.75, 3.05) is 13.2 Å². The lowest BCUT2D eigenvalue weighted by Gasteiger charge is -2.55. The first kappa shape index (κ1) is 17.1. The minimum Gasteiger partial charge on any atom is -0.508 e. The second-order valence-corrected chi connectivity index (χ2v) is 7.45. The molecule has 0 aromatic carbocycles. The smallest absolute Gasteiger partial charge is 0.410 e. The van der Waals surface area contributed by atoms with Gasteiger partial charge in [-0.15, -0.1) is 0 Å². The highest BCUT2D eigenvalue weighted by Crippen LogP contribution is 2.53. The van der Waals surface area contributed by atoms with E-state index < -0.39 is 0 Å². The minimum absolute atomic E-state index is 0.156. The summed E-state index contributed by atoms with van der Waals surface area (Å²) in [6.45, 7) is 7.15. The van der Waals surface area contributed by atoms with E-state index in [1.54, 1.807) is 6.08 Å². The van der Waals surface area contributed by atoms with Crippen molar-refractivity contribution in [1.82, 2.24) is 4.90 Å². The van der Waals surface area contributed by atoms with Crippen LogP contribution in [-0.2, 0) is 4.74 Å². The fraction of sp³-hybridized carbons (Fsp3) is 0.650. The third-order valence-corrected chi connectivity index (χ3v) is 6.12. The molecule has 132 valence electrons. The van der Waals surface area contributed by atoms with Gasteiger partial charge < -0.3 is 14.7 Å². The molecule has 1 N–H and O–H groups in total. The lowest BCUT2D eigenvalue weighted by molar-refractivity contribution is -0.0415. The number of piperidine rings is 1. The number of aliphatic hydroxyl groups excluding tert-OH is 1. The van der Waals surface area contributed by atoms with Crippen molar-refractivity contribution in [3.05, 3.63) is 36.1 Å². The van der Waals surface area contributed by atoms with Crippen molar-refractivity contribution < 1.29 is 14.6 Å². The van der Waals surface area contributed by atoms with Crippen LogP contribution in [-0.4, -0.2) is 35.3 Å². The summed E-state index contributed by atoms with van der Waals surface area (Å²) in [5.41, 5.74) is 1.16. The highest BCUT2D eigenvalue weighted by molar-refractivity contribution is 5.68. The van der Waals surface area contributed by atoms with Gasteiger partial charge in [0.15, 0.2) is 0 Å². The van der Waals surface area contributed by atoms with E-state index in [2.05, 4.69) is 6.58 Å². The maximum atomic E-state index is 12.5. The Morgan fingerprint density at radius 3 is 3.04 bits per heavy atom. The molecule has 0 radical (unpaired) electrons. The molecule has 0 aromatic heterocycles. The number of carbonyl (C=O) groups excluding carboxylic acids is 1. The summed E-state index contributed by atoms with van der Waals surface area (Å²) in [6, 6.07) is 0.156. The number of likely N-dealkylation sites (tertiary alicyclic amines) is 1. The van der Waals surface area contributed by atoms with Gasteiger partial charge in [-0.3, -0.25) is 0 Å². The molecule has 2 bridgehead atoms. The molecule has 0 spiro atoms. The Morgan fingerprint density at radius 1 is 1.42 bits per heavy atom. The van der Waals surface area contributed by atoms with E-state index >= 15 is 0 Å². The second-order valence-electron chi connectivity index (χ2n) is 7.45. The van der Waals surface area contributed by atoms with Crippen molar-refractivity contribution in [2.24, 2.45) is 11.3 Å². The molecule has 2 fully saturated rings. The molecule has 24 heavy (non-hydrogen) atoms. The van der Waals surface area contributed by atoms with Crippen molar-refractivity contribution in [3.8, 4) is 0 Å². The molecule has 4 nitrogen and oxygen atoms in total. The van der Waals surface area contributed by atoms with Crippen LogP contribution in [0.25, 0.3) is 0 Å². The van der Waals surface area contributed by atoms with E-state index in [1.165, 1.54) is 19.3 Å². The van der Waals surface area contributed by atoms with Gasteiger partial charge in [0, 0.05) is 12.6 Å². The molecule has 1 amide bonds. The Morgan fingerprint density at radius 2 is 2.25 bits per heavy atom. The van der Waals surface area contributed by atoms with Gasteiger partial charge in [0.25, 0.3) is 0 Å². The number of carbonyl (C=O) groups is 1. The number of ether oxygens (including phenoxy) is 1. The Hall–Kier alpha value is -1.71. The number of nitrogens with zero attached hydrogens (tertiary/aromatic N) is 1. The highest BCUT2D eigenvalue weighted by atomic mass is 16.6. The van der Waals surface area contributed by atoms with Gasteiger partial charge in [0.2, 0.25) is 0 Å². The molecule has 3 rings (SSSR count). The Balaban J connectivity index is 1.96. The Kier molecular flexibility index (Phi) is 5.02. The lowest BCUT2D eigenvalue weighted by atomic mass is 9.57. The van der Waals surface area contributed by atoms with Crippen LogP contribution in [0.2, 0.25) is 0 Å². The molecule has 3 aliphatic rings. The first-order valence-corrected chi connectivity index (χ1v) is 9.24. The average molecular weight is 331 g/mol. The molecule has 0 aromatic rings. The fourth-order valence-electron chi connectivity index (χ4n) is 4.93. The molecule has 1 aliphatic heterocycles. The first-order chi connectivity index (χ1) is 11.6. The summed E-state index contributed by atoms with van der Waals surface area (Å²) in [5, 5.41) is 10.1. The van der Waals surface area contributed by atoms with E-state index in [9.17, 15) is 9.90 Å². The predicted octanol–water partition coefficient (Wildman–Crippen LogP) is 4.74. The van der Waals surface area contributed by atoms with Crippen LogP contribution in [0.15, 0.2) is 36.1 Å². The van der Waals surface area contributed by atoms with Gasteiger partial charge in [-0.25, -0.2) is 4.79 Å². The van der Waals surface area contributed by atoms with Gasteiger partial charge in [0.1, 0.15) is 5.76 Å². The number of hydrogen-bond acceptors (Lipinski definition) is 3. The number of hydrogen-bond donors (Lipinski definition) is 1. The van der Waals surface area contributed by atoms with E-state index in [-0.39, 0.29) is 17.6 Å². The third kappa shape index (κ3) is 3.24. The molecular weight excluding hydrogens is 302 g/mol. The van der Waals surface area contributed by atoms with Crippen LogP contribution in [0.4, 0.5) is 4.79 Å². The molecule has 1 saturated carbocycles. The largest absolute Gasteiger partial charge is 0.508 e. The summed E-state index contributed by atoms with van der Waals surface area (Å²) in [6.07, 6.45) is 12.8. The molecule has 4 heteroatoms. The zero-order valence-corrected chi connectivity index (χ0v) is 14.7. The van der Waals surface area contributed by atoms with Crippen molar-refractivity contribution >= 4 is 6.09 Å². The number of rotatable bonds is 1. The summed E-state index contributed by atoms with van der Waals surface area (Å²) in [5.74, 6) is 0.790. The van der Waals surface area contributed by atoms with Crippen LogP contribution in [0.3, 0.4) is 0 Å². The summed E-state index contributed by atoms with van der Waals surface area (Å²) in [4.78, 5) is 14.4. The normalized spacial score (nSPS) is 37.0. The monoisotopic (exact) mass is 331 g/mol. The van der Waals surface area contributed by atoms with E-state index in [1.807, 2.05) is 24.0 Å². The number of aliphatic hydroxyl groups is 1. The van der Waals surface area contributed by atoms with Gasteiger partial charge in [-0.1, -0.05) is 31.1 Å². The third-order valence-electron chi connectivity index (χ3n) is 6.12. The van der Waals surface area contributed by atoms with Crippen LogP contribution in [0.5, 0.6) is 0 Å². The summed E-state index contributed by atoms with van der Waals surface area (Å²) < 4.78 is 5.32. The SMILES string of the molecule is C=C1/C=C\C(O)=C/C[C@]23CCCC[C@@H]2[C@H](C1)N(C(=O)OCC)CC3. The predicted molar refractivity (Wildman–Crippen MR) is 94.7 cm³/mol. The van der Waals surface area contributed by atoms with Crippen LogP contribution < -0.4 is 0 Å². The topological polar surface area (TPSA) is 49.8 Å².